The minimum atomic E-state index is 0.524. The average Bonchev–Trinajstić information content (AvgIpc) is 2.54. The molecule has 1 aliphatic heterocycles. The Morgan fingerprint density at radius 2 is 2.00 bits per heavy atom. The van der Waals surface area contributed by atoms with Gasteiger partial charge in [0.05, 0.1) is 6.54 Å². The lowest BCUT2D eigenvalue weighted by molar-refractivity contribution is 0.116. The van der Waals surface area contributed by atoms with Crippen LogP contribution in [0.15, 0.2) is 29.3 Å². The maximum Gasteiger partial charge on any atom is 0.191 e. The molecule has 0 amide bonds. The van der Waals surface area contributed by atoms with Crippen molar-refractivity contribution in [1.82, 2.24) is 20.4 Å². The molecule has 2 rings (SSSR count). The van der Waals surface area contributed by atoms with Crippen molar-refractivity contribution in [2.75, 3.05) is 46.8 Å². The molecule has 128 valence electrons. The van der Waals surface area contributed by atoms with Crippen molar-refractivity contribution in [2.45, 2.75) is 26.4 Å². The van der Waals surface area contributed by atoms with E-state index in [-0.39, 0.29) is 0 Å². The molecule has 0 spiro atoms. The van der Waals surface area contributed by atoms with E-state index in [0.717, 1.165) is 38.7 Å². The van der Waals surface area contributed by atoms with Gasteiger partial charge in [0.25, 0.3) is 0 Å². The number of rotatable bonds is 5. The summed E-state index contributed by atoms with van der Waals surface area (Å²) in [5.41, 5.74) is 2.57. The van der Waals surface area contributed by atoms with Crippen molar-refractivity contribution in [2.24, 2.45) is 4.99 Å². The molecule has 0 aromatic heterocycles. The van der Waals surface area contributed by atoms with Crippen molar-refractivity contribution in [3.8, 4) is 0 Å². The molecule has 1 aliphatic rings. The van der Waals surface area contributed by atoms with Crippen molar-refractivity contribution >= 4 is 5.96 Å². The number of likely N-dealkylation sites (N-methyl/N-ethyl adjacent to an activating group) is 2. The highest BCUT2D eigenvalue weighted by molar-refractivity contribution is 5.79. The Balaban J connectivity index is 1.92. The molecule has 1 aromatic carbocycles. The number of hydrogen-bond acceptors (Lipinski definition) is 3. The summed E-state index contributed by atoms with van der Waals surface area (Å²) >= 11 is 0. The molecular formula is C18H31N5. The Labute approximate surface area is 140 Å². The van der Waals surface area contributed by atoms with Crippen LogP contribution in [0.4, 0.5) is 0 Å². The highest BCUT2D eigenvalue weighted by Gasteiger charge is 2.21. The fourth-order valence-corrected chi connectivity index (χ4v) is 2.83. The summed E-state index contributed by atoms with van der Waals surface area (Å²) in [5.74, 6) is 0.900. The van der Waals surface area contributed by atoms with Crippen LogP contribution in [0.25, 0.3) is 0 Å². The number of hydrogen-bond donors (Lipinski definition) is 2. The second-order valence-electron chi connectivity index (χ2n) is 6.40. The van der Waals surface area contributed by atoms with E-state index < -0.39 is 0 Å². The molecule has 1 fully saturated rings. The van der Waals surface area contributed by atoms with Crippen molar-refractivity contribution < 1.29 is 0 Å². The fraction of sp³-hybridized carbons (Fsp3) is 0.611. The Morgan fingerprint density at radius 1 is 1.22 bits per heavy atom. The van der Waals surface area contributed by atoms with Crippen LogP contribution < -0.4 is 10.6 Å². The predicted molar refractivity (Wildman–Crippen MR) is 97.9 cm³/mol. The van der Waals surface area contributed by atoms with E-state index in [1.807, 2.05) is 0 Å². The Morgan fingerprint density at radius 3 is 2.74 bits per heavy atom. The predicted octanol–water partition coefficient (Wildman–Crippen LogP) is 1.30. The van der Waals surface area contributed by atoms with Crippen LogP contribution in [0, 0.1) is 6.92 Å². The molecule has 0 aliphatic carbocycles. The molecule has 1 aromatic rings. The zero-order valence-electron chi connectivity index (χ0n) is 15.0. The summed E-state index contributed by atoms with van der Waals surface area (Å²) < 4.78 is 0. The average molecular weight is 317 g/mol. The van der Waals surface area contributed by atoms with E-state index in [0.29, 0.717) is 12.6 Å². The summed E-state index contributed by atoms with van der Waals surface area (Å²) in [6.45, 7) is 10.1. The number of guanidine groups is 1. The molecule has 0 radical (unpaired) electrons. The standard InChI is InChI=1S/C18H31N5/c1-5-19-18(20-12-16-9-7-6-8-15(16)2)21-13-17-14-22(3)10-11-23(17)4/h6-9,17H,5,10-14H2,1-4H3,(H2,19,20,21). The highest BCUT2D eigenvalue weighted by atomic mass is 15.3. The van der Waals surface area contributed by atoms with Crippen LogP contribution in [0.1, 0.15) is 18.1 Å². The highest BCUT2D eigenvalue weighted by Crippen LogP contribution is 2.08. The minimum Gasteiger partial charge on any atom is -0.357 e. The summed E-state index contributed by atoms with van der Waals surface area (Å²) in [4.78, 5) is 9.56. The van der Waals surface area contributed by atoms with Gasteiger partial charge < -0.3 is 15.5 Å². The van der Waals surface area contributed by atoms with Gasteiger partial charge in [0.1, 0.15) is 0 Å². The molecule has 1 saturated heterocycles. The van der Waals surface area contributed by atoms with E-state index in [1.165, 1.54) is 11.1 Å². The fourth-order valence-electron chi connectivity index (χ4n) is 2.83. The molecule has 2 N–H and O–H groups in total. The first kappa shape index (κ1) is 17.8. The van der Waals surface area contributed by atoms with Crippen LogP contribution in [0.5, 0.6) is 0 Å². The third-order valence-electron chi connectivity index (χ3n) is 4.50. The molecule has 0 saturated carbocycles. The summed E-state index contributed by atoms with van der Waals surface area (Å²) in [5, 5.41) is 6.85. The number of nitrogens with zero attached hydrogens (tertiary/aromatic N) is 3. The quantitative estimate of drug-likeness (QED) is 0.634. The Bertz CT molecular complexity index is 514. The van der Waals surface area contributed by atoms with Gasteiger partial charge >= 0.3 is 0 Å². The van der Waals surface area contributed by atoms with E-state index in [2.05, 4.69) is 72.6 Å². The normalized spacial score (nSPS) is 20.5. The SMILES string of the molecule is CCNC(=NCc1ccccc1C)NCC1CN(C)CCN1C. The third kappa shape index (κ3) is 5.52. The maximum absolute atomic E-state index is 4.74. The molecule has 1 atom stereocenters. The van der Waals surface area contributed by atoms with Gasteiger partial charge in [-0.15, -0.1) is 0 Å². The lowest BCUT2D eigenvalue weighted by Crippen LogP contribution is -2.55. The first-order valence-corrected chi connectivity index (χ1v) is 8.55. The van der Waals surface area contributed by atoms with Crippen LogP contribution in [-0.2, 0) is 6.54 Å². The molecule has 0 bridgehead atoms. The molecule has 5 nitrogen and oxygen atoms in total. The second-order valence-corrected chi connectivity index (χ2v) is 6.40. The van der Waals surface area contributed by atoms with Gasteiger partial charge in [0.15, 0.2) is 5.96 Å². The monoisotopic (exact) mass is 317 g/mol. The number of benzene rings is 1. The largest absolute Gasteiger partial charge is 0.357 e. The van der Waals surface area contributed by atoms with E-state index in [4.69, 9.17) is 4.99 Å². The number of nitrogens with one attached hydrogen (secondary N) is 2. The molecule has 1 heterocycles. The van der Waals surface area contributed by atoms with Crippen LogP contribution in [0.3, 0.4) is 0 Å². The van der Waals surface area contributed by atoms with Crippen molar-refractivity contribution in [3.05, 3.63) is 35.4 Å². The first-order valence-electron chi connectivity index (χ1n) is 8.55. The summed E-state index contributed by atoms with van der Waals surface area (Å²) in [6.07, 6.45) is 0. The molecule has 1 unspecified atom stereocenters. The smallest absolute Gasteiger partial charge is 0.191 e. The topological polar surface area (TPSA) is 42.9 Å². The number of aryl methyl sites for hydroxylation is 1. The lowest BCUT2D eigenvalue weighted by atomic mass is 10.1. The van der Waals surface area contributed by atoms with E-state index >= 15 is 0 Å². The summed E-state index contributed by atoms with van der Waals surface area (Å²) in [6, 6.07) is 8.95. The van der Waals surface area contributed by atoms with Gasteiger partial charge in [-0.05, 0) is 39.1 Å². The van der Waals surface area contributed by atoms with E-state index in [1.54, 1.807) is 0 Å². The third-order valence-corrected chi connectivity index (χ3v) is 4.50. The Kier molecular flexibility index (Phi) is 6.86. The number of aliphatic imine (C=N–C) groups is 1. The first-order chi connectivity index (χ1) is 11.1. The zero-order valence-corrected chi connectivity index (χ0v) is 15.0. The minimum absolute atomic E-state index is 0.524. The molecule has 23 heavy (non-hydrogen) atoms. The summed E-state index contributed by atoms with van der Waals surface area (Å²) in [7, 11) is 4.40. The zero-order chi connectivity index (χ0) is 16.7. The molecule has 5 heteroatoms. The van der Waals surface area contributed by atoms with Crippen molar-refractivity contribution in [3.63, 3.8) is 0 Å². The number of piperazine rings is 1. The lowest BCUT2D eigenvalue weighted by Gasteiger charge is -2.37. The van der Waals surface area contributed by atoms with Crippen LogP contribution >= 0.6 is 0 Å². The maximum atomic E-state index is 4.74. The van der Waals surface area contributed by atoms with Gasteiger partial charge in [0.2, 0.25) is 0 Å². The van der Waals surface area contributed by atoms with Crippen LogP contribution in [0.2, 0.25) is 0 Å². The van der Waals surface area contributed by atoms with Crippen LogP contribution in [-0.4, -0.2) is 68.6 Å². The van der Waals surface area contributed by atoms with Gasteiger partial charge in [-0.1, -0.05) is 24.3 Å². The second kappa shape index (κ2) is 8.89. The van der Waals surface area contributed by atoms with E-state index in [9.17, 15) is 0 Å². The van der Waals surface area contributed by atoms with Gasteiger partial charge in [-0.3, -0.25) is 4.90 Å². The van der Waals surface area contributed by atoms with Gasteiger partial charge in [0, 0.05) is 38.8 Å². The molecular weight excluding hydrogens is 286 g/mol. The Hall–Kier alpha value is -1.59. The van der Waals surface area contributed by atoms with Crippen molar-refractivity contribution in [1.29, 1.82) is 0 Å². The van der Waals surface area contributed by atoms with Gasteiger partial charge in [-0.25, -0.2) is 4.99 Å². The van der Waals surface area contributed by atoms with Gasteiger partial charge in [-0.2, -0.15) is 0 Å².